The van der Waals surface area contributed by atoms with Crippen LogP contribution in [0.15, 0.2) is 30.3 Å². The van der Waals surface area contributed by atoms with Crippen LogP contribution in [0.1, 0.15) is 34.6 Å². The van der Waals surface area contributed by atoms with Crippen LogP contribution in [0.2, 0.25) is 10.0 Å². The maximum Gasteiger partial charge on any atom is 0.337 e. The highest BCUT2D eigenvalue weighted by atomic mass is 35.5. The predicted molar refractivity (Wildman–Crippen MR) is 100 cm³/mol. The van der Waals surface area contributed by atoms with E-state index in [1.54, 1.807) is 18.2 Å². The Bertz CT molecular complexity index is 814. The molecule has 2 aromatic rings. The molecule has 6 nitrogen and oxygen atoms in total. The number of halogens is 2. The number of rotatable bonds is 7. The Morgan fingerprint density at radius 2 is 1.54 bits per heavy atom. The van der Waals surface area contributed by atoms with Crippen molar-refractivity contribution in [1.82, 2.24) is 0 Å². The van der Waals surface area contributed by atoms with Gasteiger partial charge in [0.1, 0.15) is 11.5 Å². The van der Waals surface area contributed by atoms with Crippen LogP contribution < -0.4 is 14.8 Å². The summed E-state index contributed by atoms with van der Waals surface area (Å²) in [7, 11) is 0. The van der Waals surface area contributed by atoms with Crippen molar-refractivity contribution >= 4 is 40.8 Å². The third-order valence-electron chi connectivity index (χ3n) is 3.30. The molecule has 0 aromatic heterocycles. The lowest BCUT2D eigenvalue weighted by Crippen LogP contribution is -2.13. The van der Waals surface area contributed by atoms with Gasteiger partial charge in [-0.05, 0) is 38.1 Å². The van der Waals surface area contributed by atoms with Gasteiger partial charge in [-0.25, -0.2) is 4.79 Å². The molecule has 26 heavy (non-hydrogen) atoms. The lowest BCUT2D eigenvalue weighted by molar-refractivity contribution is 0.0696. The highest BCUT2D eigenvalue weighted by Gasteiger charge is 2.16. The van der Waals surface area contributed by atoms with Crippen molar-refractivity contribution in [3.05, 3.63) is 51.5 Å². The number of carbonyl (C=O) groups is 2. The lowest BCUT2D eigenvalue weighted by atomic mass is 10.1. The Hall–Kier alpha value is -2.44. The van der Waals surface area contributed by atoms with Crippen molar-refractivity contribution in [3.63, 3.8) is 0 Å². The third kappa shape index (κ3) is 4.80. The van der Waals surface area contributed by atoms with Crippen LogP contribution >= 0.6 is 23.2 Å². The van der Waals surface area contributed by atoms with Crippen LogP contribution in [0.3, 0.4) is 0 Å². The summed E-state index contributed by atoms with van der Waals surface area (Å²) in [5, 5.41) is 11.8. The highest BCUT2D eigenvalue weighted by molar-refractivity contribution is 6.38. The zero-order chi connectivity index (χ0) is 19.3. The zero-order valence-electron chi connectivity index (χ0n) is 14.1. The van der Waals surface area contributed by atoms with Crippen LogP contribution in [0.25, 0.3) is 0 Å². The molecule has 138 valence electrons. The van der Waals surface area contributed by atoms with Gasteiger partial charge in [-0.1, -0.05) is 23.2 Å². The minimum Gasteiger partial charge on any atom is -0.494 e. The third-order valence-corrected chi connectivity index (χ3v) is 3.92. The largest absolute Gasteiger partial charge is 0.494 e. The Labute approximate surface area is 160 Å². The van der Waals surface area contributed by atoms with Gasteiger partial charge in [0, 0.05) is 11.6 Å². The van der Waals surface area contributed by atoms with Crippen molar-refractivity contribution in [2.45, 2.75) is 13.8 Å². The number of hydrogen-bond acceptors (Lipinski definition) is 4. The van der Waals surface area contributed by atoms with Crippen molar-refractivity contribution in [2.24, 2.45) is 0 Å². The fourth-order valence-corrected chi connectivity index (χ4v) is 2.72. The zero-order valence-corrected chi connectivity index (χ0v) is 15.6. The lowest BCUT2D eigenvalue weighted by Gasteiger charge is -2.12. The summed E-state index contributed by atoms with van der Waals surface area (Å²) in [6.07, 6.45) is 0. The van der Waals surface area contributed by atoms with Crippen LogP contribution in [0, 0.1) is 0 Å². The minimum absolute atomic E-state index is 0.0162. The summed E-state index contributed by atoms with van der Waals surface area (Å²) in [5.74, 6) is -0.749. The van der Waals surface area contributed by atoms with Gasteiger partial charge >= 0.3 is 5.97 Å². The maximum atomic E-state index is 12.6. The minimum atomic E-state index is -1.22. The number of anilines is 1. The average molecular weight is 398 g/mol. The summed E-state index contributed by atoms with van der Waals surface area (Å²) in [4.78, 5) is 23.8. The number of carboxylic acid groups (broad SMARTS) is 1. The molecule has 8 heteroatoms. The van der Waals surface area contributed by atoms with Gasteiger partial charge in [0.05, 0.1) is 34.5 Å². The van der Waals surface area contributed by atoms with Crippen LogP contribution in [-0.2, 0) is 0 Å². The number of carbonyl (C=O) groups excluding carboxylic acids is 1. The van der Waals surface area contributed by atoms with Gasteiger partial charge < -0.3 is 19.9 Å². The summed E-state index contributed by atoms with van der Waals surface area (Å²) in [6.45, 7) is 4.52. The van der Waals surface area contributed by atoms with E-state index in [2.05, 4.69) is 5.32 Å². The summed E-state index contributed by atoms with van der Waals surface area (Å²) in [6, 6.07) is 7.28. The molecule has 0 saturated heterocycles. The van der Waals surface area contributed by atoms with Crippen LogP contribution in [0.4, 0.5) is 5.69 Å². The molecule has 0 aliphatic carbocycles. The molecule has 0 radical (unpaired) electrons. The number of aromatic carboxylic acids is 1. The molecule has 0 spiro atoms. The molecule has 0 saturated carbocycles. The van der Waals surface area contributed by atoms with Gasteiger partial charge in [-0.2, -0.15) is 0 Å². The maximum absolute atomic E-state index is 12.6. The summed E-state index contributed by atoms with van der Waals surface area (Å²) >= 11 is 11.9. The van der Waals surface area contributed by atoms with E-state index in [9.17, 15) is 9.59 Å². The number of nitrogens with one attached hydrogen (secondary N) is 1. The number of ether oxygens (including phenoxy) is 2. The predicted octanol–water partition coefficient (Wildman–Crippen LogP) is 4.74. The summed E-state index contributed by atoms with van der Waals surface area (Å²) in [5.41, 5.74) is 0.255. The fraction of sp³-hybridized carbons (Fsp3) is 0.222. The van der Waals surface area contributed by atoms with Crippen LogP contribution in [0.5, 0.6) is 11.5 Å². The Morgan fingerprint density at radius 1 is 0.962 bits per heavy atom. The quantitative estimate of drug-likeness (QED) is 0.704. The van der Waals surface area contributed by atoms with Crippen molar-refractivity contribution in [2.75, 3.05) is 18.5 Å². The van der Waals surface area contributed by atoms with E-state index in [0.29, 0.717) is 24.7 Å². The van der Waals surface area contributed by atoms with E-state index in [4.69, 9.17) is 37.8 Å². The molecular formula is C18H17Cl2NO5. The van der Waals surface area contributed by atoms with Crippen molar-refractivity contribution in [3.8, 4) is 11.5 Å². The molecule has 2 aromatic carbocycles. The topological polar surface area (TPSA) is 84.9 Å². The van der Waals surface area contributed by atoms with Crippen LogP contribution in [-0.4, -0.2) is 30.2 Å². The van der Waals surface area contributed by atoms with Crippen molar-refractivity contribution in [1.29, 1.82) is 0 Å². The van der Waals surface area contributed by atoms with E-state index >= 15 is 0 Å². The van der Waals surface area contributed by atoms with Gasteiger partial charge in [0.25, 0.3) is 5.91 Å². The molecule has 0 unspecified atom stereocenters. The number of amides is 1. The molecule has 0 aliphatic heterocycles. The molecular weight excluding hydrogens is 381 g/mol. The SMILES string of the molecule is CCOc1cc(OCC)cc(C(=O)Nc2cc(C(=O)O)c(Cl)cc2Cl)c1. The van der Waals surface area contributed by atoms with E-state index in [0.717, 1.165) is 0 Å². The Balaban J connectivity index is 2.35. The summed E-state index contributed by atoms with van der Waals surface area (Å²) < 4.78 is 10.9. The number of benzene rings is 2. The van der Waals surface area contributed by atoms with Gasteiger partial charge in [-0.15, -0.1) is 0 Å². The van der Waals surface area contributed by atoms with Gasteiger partial charge in [0.2, 0.25) is 0 Å². The first-order chi connectivity index (χ1) is 12.3. The number of hydrogen-bond donors (Lipinski definition) is 2. The second-order valence-corrected chi connectivity index (χ2v) is 5.94. The molecule has 0 atom stereocenters. The Morgan fingerprint density at radius 3 is 2.04 bits per heavy atom. The number of carboxylic acids is 1. The average Bonchev–Trinajstić information content (AvgIpc) is 2.57. The van der Waals surface area contributed by atoms with E-state index < -0.39 is 11.9 Å². The highest BCUT2D eigenvalue weighted by Crippen LogP contribution is 2.30. The fourth-order valence-electron chi connectivity index (χ4n) is 2.21. The molecule has 0 heterocycles. The molecule has 2 N–H and O–H groups in total. The first-order valence-electron chi connectivity index (χ1n) is 7.80. The van der Waals surface area contributed by atoms with Gasteiger partial charge in [-0.3, -0.25) is 4.79 Å². The van der Waals surface area contributed by atoms with E-state index in [-0.39, 0.29) is 26.9 Å². The second-order valence-electron chi connectivity index (χ2n) is 5.13. The second kappa shape index (κ2) is 8.78. The molecule has 1 amide bonds. The molecule has 0 bridgehead atoms. The Kier molecular flexibility index (Phi) is 6.71. The normalized spacial score (nSPS) is 10.3. The van der Waals surface area contributed by atoms with Gasteiger partial charge in [0.15, 0.2) is 0 Å². The molecule has 0 fully saturated rings. The standard InChI is InChI=1S/C18H17Cl2NO5/c1-3-25-11-5-10(6-12(7-11)26-4-2)17(22)21-16-8-13(18(23)24)14(19)9-15(16)20/h5-9H,3-4H2,1-2H3,(H,21,22)(H,23,24). The first kappa shape index (κ1) is 19.9. The smallest absolute Gasteiger partial charge is 0.337 e. The first-order valence-corrected chi connectivity index (χ1v) is 8.55. The molecule has 2 rings (SSSR count). The monoisotopic (exact) mass is 397 g/mol. The van der Waals surface area contributed by atoms with Crippen molar-refractivity contribution < 1.29 is 24.2 Å². The van der Waals surface area contributed by atoms with E-state index in [1.807, 2.05) is 13.8 Å². The molecule has 0 aliphatic rings. The van der Waals surface area contributed by atoms with E-state index in [1.165, 1.54) is 12.1 Å².